The summed E-state index contributed by atoms with van der Waals surface area (Å²) in [7, 11) is 2.92. The molecule has 1 atom stereocenters. The van der Waals surface area contributed by atoms with Crippen LogP contribution in [-0.2, 0) is 4.79 Å². The lowest BCUT2D eigenvalue weighted by molar-refractivity contribution is -0.538. The zero-order valence-electron chi connectivity index (χ0n) is 12.6. The Morgan fingerprint density at radius 3 is 2.55 bits per heavy atom. The molecule has 0 aliphatic carbocycles. The summed E-state index contributed by atoms with van der Waals surface area (Å²) in [6.45, 7) is 0.700. The Kier molecular flexibility index (Phi) is 5.04. The third-order valence-electron chi connectivity index (χ3n) is 3.63. The number of ether oxygens (including phenoxy) is 2. The lowest BCUT2D eigenvalue weighted by atomic mass is 10.1. The third-order valence-corrected chi connectivity index (χ3v) is 3.63. The summed E-state index contributed by atoms with van der Waals surface area (Å²) < 4.78 is 11.9. The molecule has 6 nitrogen and oxygen atoms in total. The van der Waals surface area contributed by atoms with Crippen molar-refractivity contribution >= 4 is 18.3 Å². The van der Waals surface area contributed by atoms with Crippen LogP contribution in [0.3, 0.4) is 0 Å². The van der Waals surface area contributed by atoms with E-state index in [0.29, 0.717) is 24.5 Å². The molecular weight excluding hydrogens is 286 g/mol. The molecule has 1 saturated heterocycles. The van der Waals surface area contributed by atoms with E-state index in [4.69, 9.17) is 9.47 Å². The average Bonchev–Trinajstić information content (AvgIpc) is 2.97. The first-order valence-electron chi connectivity index (χ1n) is 7.00. The van der Waals surface area contributed by atoms with Gasteiger partial charge >= 0.3 is 0 Å². The van der Waals surface area contributed by atoms with Crippen molar-refractivity contribution in [2.45, 2.75) is 18.9 Å². The number of nitrogens with zero attached hydrogens (tertiary/aromatic N) is 1. The third kappa shape index (κ3) is 3.39. The molecule has 1 aromatic carbocycles. The number of rotatable bonds is 5. The van der Waals surface area contributed by atoms with Crippen LogP contribution in [0.1, 0.15) is 18.4 Å². The van der Waals surface area contributed by atoms with Crippen molar-refractivity contribution in [2.24, 2.45) is 0 Å². The maximum absolute atomic E-state index is 11.0. The van der Waals surface area contributed by atoms with Crippen molar-refractivity contribution in [3.63, 3.8) is 0 Å². The van der Waals surface area contributed by atoms with E-state index in [0.717, 1.165) is 12.0 Å². The number of aromatic hydroxyl groups is 1. The number of carboxylic acids is 1. The summed E-state index contributed by atoms with van der Waals surface area (Å²) in [5, 5.41) is 20.8. The average molecular weight is 305 g/mol. The molecule has 118 valence electrons. The summed E-state index contributed by atoms with van der Waals surface area (Å²) in [6.07, 6.45) is 6.72. The molecule has 1 aliphatic rings. The van der Waals surface area contributed by atoms with Crippen LogP contribution in [0.15, 0.2) is 18.2 Å². The number of carbonyl (C=O) groups is 1. The smallest absolute Gasteiger partial charge is 0.200 e. The first-order valence-corrected chi connectivity index (χ1v) is 7.00. The van der Waals surface area contributed by atoms with Crippen molar-refractivity contribution in [1.29, 1.82) is 0 Å². The number of carboxylic acid groups (broad SMARTS) is 1. The van der Waals surface area contributed by atoms with Gasteiger partial charge in [0.1, 0.15) is 12.5 Å². The van der Waals surface area contributed by atoms with Gasteiger partial charge in [-0.25, -0.2) is 4.58 Å². The van der Waals surface area contributed by atoms with Crippen LogP contribution in [0.2, 0.25) is 0 Å². The van der Waals surface area contributed by atoms with Crippen LogP contribution in [-0.4, -0.2) is 48.7 Å². The summed E-state index contributed by atoms with van der Waals surface area (Å²) in [4.78, 5) is 11.0. The van der Waals surface area contributed by atoms with E-state index >= 15 is 0 Å². The molecule has 22 heavy (non-hydrogen) atoms. The number of aliphatic carboxylic acids is 1. The molecule has 2 rings (SSSR count). The number of carbonyl (C=O) groups excluding carboxylic acids is 1. The first-order chi connectivity index (χ1) is 10.6. The SMILES string of the molecule is COc1cc(/C=C/C=[N+]2CCC[C@H]2C(=O)[O-])cc(OC)c1O. The Bertz CT molecular complexity index is 596. The Hall–Kier alpha value is -2.50. The zero-order valence-corrected chi connectivity index (χ0v) is 12.6. The molecular formula is C16H19NO5. The molecule has 1 N–H and O–H groups in total. The molecule has 0 radical (unpaired) electrons. The maximum atomic E-state index is 11.0. The van der Waals surface area contributed by atoms with Crippen LogP contribution in [0.5, 0.6) is 17.2 Å². The number of methoxy groups -OCH3 is 2. The Morgan fingerprint density at radius 1 is 1.36 bits per heavy atom. The predicted octanol–water partition coefficient (Wildman–Crippen LogP) is 0.418. The molecule has 0 bridgehead atoms. The Balaban J connectivity index is 2.21. The zero-order chi connectivity index (χ0) is 16.1. The van der Waals surface area contributed by atoms with Gasteiger partial charge in [-0.2, -0.15) is 0 Å². The van der Waals surface area contributed by atoms with Crippen molar-refractivity contribution < 1.29 is 29.1 Å². The number of phenols is 1. The highest BCUT2D eigenvalue weighted by Crippen LogP contribution is 2.37. The second-order valence-electron chi connectivity index (χ2n) is 5.00. The maximum Gasteiger partial charge on any atom is 0.200 e. The van der Waals surface area contributed by atoms with Crippen LogP contribution < -0.4 is 14.6 Å². The van der Waals surface area contributed by atoms with E-state index in [1.165, 1.54) is 14.2 Å². The van der Waals surface area contributed by atoms with Gasteiger partial charge in [0.05, 0.1) is 14.2 Å². The van der Waals surface area contributed by atoms with E-state index < -0.39 is 12.0 Å². The molecule has 0 amide bonds. The number of hydrogen-bond acceptors (Lipinski definition) is 5. The van der Waals surface area contributed by atoms with Gasteiger partial charge in [-0.15, -0.1) is 0 Å². The highest BCUT2D eigenvalue weighted by Gasteiger charge is 2.27. The van der Waals surface area contributed by atoms with Gasteiger partial charge in [0.25, 0.3) is 0 Å². The minimum Gasteiger partial charge on any atom is -0.543 e. The van der Waals surface area contributed by atoms with Crippen molar-refractivity contribution in [3.05, 3.63) is 23.8 Å². The lowest BCUT2D eigenvalue weighted by Gasteiger charge is -2.09. The number of phenolic OH excluding ortho intramolecular Hbond substituents is 1. The van der Waals surface area contributed by atoms with Crippen LogP contribution in [0.4, 0.5) is 0 Å². The summed E-state index contributed by atoms with van der Waals surface area (Å²) in [5.74, 6) is -0.474. The van der Waals surface area contributed by atoms with E-state index in [1.54, 1.807) is 35.1 Å². The van der Waals surface area contributed by atoms with E-state index in [-0.39, 0.29) is 5.75 Å². The molecule has 1 aromatic rings. The molecule has 1 fully saturated rings. The quantitative estimate of drug-likeness (QED) is 0.797. The summed E-state index contributed by atoms with van der Waals surface area (Å²) >= 11 is 0. The predicted molar refractivity (Wildman–Crippen MR) is 79.5 cm³/mol. The lowest BCUT2D eigenvalue weighted by Crippen LogP contribution is -2.40. The molecule has 0 spiro atoms. The number of allylic oxidation sites excluding steroid dienone is 1. The first kappa shape index (κ1) is 15.9. The van der Waals surface area contributed by atoms with Gasteiger partial charge in [0.15, 0.2) is 23.8 Å². The normalized spacial score (nSPS) is 19.7. The Morgan fingerprint density at radius 2 is 2.00 bits per heavy atom. The minimum atomic E-state index is -1.05. The van der Waals surface area contributed by atoms with Gasteiger partial charge in [-0.05, 0) is 23.8 Å². The van der Waals surface area contributed by atoms with Gasteiger partial charge in [-0.3, -0.25) is 0 Å². The second-order valence-corrected chi connectivity index (χ2v) is 5.00. The largest absolute Gasteiger partial charge is 0.543 e. The van der Waals surface area contributed by atoms with Crippen molar-refractivity contribution in [2.75, 3.05) is 20.8 Å². The van der Waals surface area contributed by atoms with E-state index in [1.807, 2.05) is 0 Å². The molecule has 0 saturated carbocycles. The highest BCUT2D eigenvalue weighted by atomic mass is 16.5. The van der Waals surface area contributed by atoms with Crippen LogP contribution in [0.25, 0.3) is 6.08 Å². The monoisotopic (exact) mass is 305 g/mol. The highest BCUT2D eigenvalue weighted by molar-refractivity contribution is 5.77. The summed E-state index contributed by atoms with van der Waals surface area (Å²) in [6, 6.07) is 2.78. The fourth-order valence-electron chi connectivity index (χ4n) is 2.50. The molecule has 0 unspecified atom stereocenters. The van der Waals surface area contributed by atoms with E-state index in [9.17, 15) is 15.0 Å². The topological polar surface area (TPSA) is 81.8 Å². The van der Waals surface area contributed by atoms with Crippen molar-refractivity contribution in [3.8, 4) is 17.2 Å². The summed E-state index contributed by atoms with van der Waals surface area (Å²) in [5.41, 5.74) is 0.770. The standard InChI is InChI=1S/C16H19NO5/c1-21-13-9-11(10-14(22-2)15(13)18)5-3-7-17-8-4-6-12(17)16(19)20/h3,5,7,9-10,12H,4,6,8H2,1-2H3,(H,19,20)/t12-/m0/s1. The van der Waals surface area contributed by atoms with Gasteiger partial charge in [0, 0.05) is 18.9 Å². The minimum absolute atomic E-state index is 0.0531. The van der Waals surface area contributed by atoms with Crippen molar-refractivity contribution in [1.82, 2.24) is 0 Å². The van der Waals surface area contributed by atoms with Gasteiger partial charge < -0.3 is 24.5 Å². The molecule has 1 heterocycles. The molecule has 0 aromatic heterocycles. The van der Waals surface area contributed by atoms with Crippen LogP contribution >= 0.6 is 0 Å². The van der Waals surface area contributed by atoms with Gasteiger partial charge in [-0.1, -0.05) is 0 Å². The van der Waals surface area contributed by atoms with Crippen LogP contribution in [0, 0.1) is 0 Å². The molecule has 1 aliphatic heterocycles. The fourth-order valence-corrected chi connectivity index (χ4v) is 2.50. The fraction of sp³-hybridized carbons (Fsp3) is 0.375. The molecule has 6 heteroatoms. The Labute approximate surface area is 128 Å². The van der Waals surface area contributed by atoms with E-state index in [2.05, 4.69) is 0 Å². The number of hydrogen-bond donors (Lipinski definition) is 1. The van der Waals surface area contributed by atoms with Gasteiger partial charge in [0.2, 0.25) is 5.75 Å². The number of benzene rings is 1. The second kappa shape index (κ2) is 6.98.